The van der Waals surface area contributed by atoms with Crippen LogP contribution in [0, 0.1) is 17.8 Å². The quantitative estimate of drug-likeness (QED) is 0.888. The van der Waals surface area contributed by atoms with Crippen molar-refractivity contribution >= 4 is 0 Å². The van der Waals surface area contributed by atoms with E-state index in [0.717, 1.165) is 24.1 Å². The predicted molar refractivity (Wildman–Crippen MR) is 74.1 cm³/mol. The molecule has 4 unspecified atom stereocenters. The molecular weight excluding hydrogens is 222 g/mol. The van der Waals surface area contributed by atoms with Crippen molar-refractivity contribution in [1.29, 1.82) is 0 Å². The first kappa shape index (κ1) is 13.5. The van der Waals surface area contributed by atoms with E-state index in [1.807, 2.05) is 6.20 Å². The third kappa shape index (κ3) is 3.08. The summed E-state index contributed by atoms with van der Waals surface area (Å²) in [5.41, 5.74) is 1.15. The Balaban J connectivity index is 2.11. The Bertz CT molecular complexity index is 352. The number of nitrogens with zero attached hydrogens (tertiary/aromatic N) is 2. The Kier molecular flexibility index (Phi) is 4.70. The Hall–Kier alpha value is -0.960. The average Bonchev–Trinajstić information content (AvgIpc) is 2.40. The van der Waals surface area contributed by atoms with Crippen molar-refractivity contribution < 1.29 is 0 Å². The van der Waals surface area contributed by atoms with Gasteiger partial charge in [-0.25, -0.2) is 9.97 Å². The highest BCUT2D eigenvalue weighted by molar-refractivity contribution is 5.07. The van der Waals surface area contributed by atoms with Crippen LogP contribution in [-0.2, 0) is 0 Å². The van der Waals surface area contributed by atoms with E-state index in [9.17, 15) is 0 Å². The zero-order valence-corrected chi connectivity index (χ0v) is 11.8. The molecule has 1 heterocycles. The molecule has 1 aromatic rings. The zero-order chi connectivity index (χ0) is 13.0. The van der Waals surface area contributed by atoms with Gasteiger partial charge in [-0.2, -0.15) is 0 Å². The van der Waals surface area contributed by atoms with Gasteiger partial charge in [-0.15, -0.1) is 0 Å². The Morgan fingerprint density at radius 2 is 2.17 bits per heavy atom. The van der Waals surface area contributed by atoms with Crippen molar-refractivity contribution in [3.63, 3.8) is 0 Å². The summed E-state index contributed by atoms with van der Waals surface area (Å²) in [5.74, 6) is 2.41. The summed E-state index contributed by atoms with van der Waals surface area (Å²) < 4.78 is 0. The third-order valence-electron chi connectivity index (χ3n) is 4.46. The summed E-state index contributed by atoms with van der Waals surface area (Å²) in [7, 11) is 0. The molecule has 0 aliphatic heterocycles. The number of rotatable bonds is 4. The van der Waals surface area contributed by atoms with E-state index < -0.39 is 0 Å². The van der Waals surface area contributed by atoms with E-state index in [4.69, 9.17) is 0 Å². The largest absolute Gasteiger partial charge is 0.309 e. The summed E-state index contributed by atoms with van der Waals surface area (Å²) in [6.07, 6.45) is 7.48. The number of aromatic nitrogens is 2. The normalized spacial score (nSPS) is 30.1. The van der Waals surface area contributed by atoms with Crippen LogP contribution in [0.4, 0.5) is 0 Å². The Labute approximate surface area is 110 Å². The zero-order valence-electron chi connectivity index (χ0n) is 11.8. The van der Waals surface area contributed by atoms with Crippen LogP contribution < -0.4 is 5.32 Å². The van der Waals surface area contributed by atoms with Crippen molar-refractivity contribution in [2.24, 2.45) is 17.8 Å². The minimum Gasteiger partial charge on any atom is -0.309 e. The maximum Gasteiger partial charge on any atom is 0.115 e. The van der Waals surface area contributed by atoms with Crippen molar-refractivity contribution in [3.8, 4) is 0 Å². The van der Waals surface area contributed by atoms with Crippen molar-refractivity contribution in [1.82, 2.24) is 15.3 Å². The van der Waals surface area contributed by atoms with Gasteiger partial charge in [-0.1, -0.05) is 27.2 Å². The van der Waals surface area contributed by atoms with Crippen LogP contribution in [0.15, 0.2) is 18.6 Å². The Morgan fingerprint density at radius 1 is 1.33 bits per heavy atom. The smallest absolute Gasteiger partial charge is 0.115 e. The van der Waals surface area contributed by atoms with Gasteiger partial charge >= 0.3 is 0 Å². The van der Waals surface area contributed by atoms with Crippen LogP contribution >= 0.6 is 0 Å². The monoisotopic (exact) mass is 247 g/mol. The minimum atomic E-state index is 0.396. The number of nitrogens with one attached hydrogen (secondary N) is 1. The highest BCUT2D eigenvalue weighted by Gasteiger charge is 2.31. The molecule has 1 saturated carbocycles. The van der Waals surface area contributed by atoms with E-state index >= 15 is 0 Å². The third-order valence-corrected chi connectivity index (χ3v) is 4.46. The van der Waals surface area contributed by atoms with Crippen LogP contribution in [0.2, 0.25) is 0 Å². The highest BCUT2D eigenvalue weighted by Crippen LogP contribution is 2.39. The van der Waals surface area contributed by atoms with Gasteiger partial charge in [-0.05, 0) is 43.2 Å². The molecule has 0 amide bonds. The first-order valence-electron chi connectivity index (χ1n) is 7.21. The lowest BCUT2D eigenvalue weighted by molar-refractivity contribution is 0.170. The molecule has 3 heteroatoms. The molecule has 0 radical (unpaired) electrons. The molecule has 100 valence electrons. The molecule has 3 nitrogen and oxygen atoms in total. The van der Waals surface area contributed by atoms with Gasteiger partial charge in [0.25, 0.3) is 0 Å². The predicted octanol–water partition coefficient (Wildman–Crippen LogP) is 3.20. The van der Waals surface area contributed by atoms with E-state index in [0.29, 0.717) is 12.0 Å². The molecule has 18 heavy (non-hydrogen) atoms. The molecular formula is C15H25N3. The second kappa shape index (κ2) is 6.28. The van der Waals surface area contributed by atoms with Gasteiger partial charge in [0.05, 0.1) is 11.7 Å². The highest BCUT2D eigenvalue weighted by atomic mass is 15.0. The molecule has 1 N–H and O–H groups in total. The fraction of sp³-hybridized carbons (Fsp3) is 0.733. The fourth-order valence-corrected chi connectivity index (χ4v) is 3.11. The van der Waals surface area contributed by atoms with Gasteiger partial charge in [0.1, 0.15) is 6.33 Å². The van der Waals surface area contributed by atoms with Gasteiger partial charge in [0, 0.05) is 6.20 Å². The average molecular weight is 247 g/mol. The van der Waals surface area contributed by atoms with Gasteiger partial charge in [0.15, 0.2) is 0 Å². The molecule has 0 aromatic carbocycles. The Morgan fingerprint density at radius 3 is 2.78 bits per heavy atom. The minimum absolute atomic E-state index is 0.396. The first-order chi connectivity index (χ1) is 8.72. The van der Waals surface area contributed by atoms with Crippen molar-refractivity contribution in [3.05, 3.63) is 24.3 Å². The summed E-state index contributed by atoms with van der Waals surface area (Å²) in [6.45, 7) is 7.94. The molecule has 1 fully saturated rings. The van der Waals surface area contributed by atoms with E-state index in [2.05, 4.69) is 42.1 Å². The van der Waals surface area contributed by atoms with E-state index in [1.54, 1.807) is 6.33 Å². The van der Waals surface area contributed by atoms with Crippen LogP contribution in [0.5, 0.6) is 0 Å². The molecule has 4 atom stereocenters. The molecule has 0 saturated heterocycles. The molecule has 1 aliphatic rings. The lowest BCUT2D eigenvalue weighted by Crippen LogP contribution is -2.33. The SMILES string of the molecule is CCNC(c1ccncn1)C1CCC(C)C(C)C1. The fourth-order valence-electron chi connectivity index (χ4n) is 3.11. The van der Waals surface area contributed by atoms with Crippen molar-refractivity contribution in [2.45, 2.75) is 46.1 Å². The number of hydrogen-bond donors (Lipinski definition) is 1. The van der Waals surface area contributed by atoms with E-state index in [1.165, 1.54) is 19.3 Å². The standard InChI is InChI=1S/C15H25N3/c1-4-17-15(14-7-8-16-10-18-14)13-6-5-11(2)12(3)9-13/h7-8,10-13,15,17H,4-6,9H2,1-3H3. The first-order valence-corrected chi connectivity index (χ1v) is 7.21. The molecule has 0 spiro atoms. The van der Waals surface area contributed by atoms with Crippen molar-refractivity contribution in [2.75, 3.05) is 6.54 Å². The topological polar surface area (TPSA) is 37.8 Å². The van der Waals surface area contributed by atoms with Crippen LogP contribution in [0.3, 0.4) is 0 Å². The summed E-state index contributed by atoms with van der Waals surface area (Å²) >= 11 is 0. The van der Waals surface area contributed by atoms with Gasteiger partial charge < -0.3 is 5.32 Å². The van der Waals surface area contributed by atoms with Crippen LogP contribution in [0.1, 0.15) is 51.8 Å². The molecule has 1 aromatic heterocycles. The molecule has 0 bridgehead atoms. The van der Waals surface area contributed by atoms with Crippen LogP contribution in [-0.4, -0.2) is 16.5 Å². The number of hydrogen-bond acceptors (Lipinski definition) is 3. The van der Waals surface area contributed by atoms with E-state index in [-0.39, 0.29) is 0 Å². The summed E-state index contributed by atoms with van der Waals surface area (Å²) in [5, 5.41) is 3.61. The van der Waals surface area contributed by atoms with Crippen LogP contribution in [0.25, 0.3) is 0 Å². The van der Waals surface area contributed by atoms with Gasteiger partial charge in [-0.3, -0.25) is 0 Å². The molecule has 2 rings (SSSR count). The summed E-state index contributed by atoms with van der Waals surface area (Å²) in [6, 6.07) is 2.45. The molecule has 1 aliphatic carbocycles. The lowest BCUT2D eigenvalue weighted by Gasteiger charge is -2.36. The second-order valence-corrected chi connectivity index (χ2v) is 5.70. The maximum atomic E-state index is 4.44. The second-order valence-electron chi connectivity index (χ2n) is 5.70. The maximum absolute atomic E-state index is 4.44. The lowest BCUT2D eigenvalue weighted by atomic mass is 9.72. The summed E-state index contributed by atoms with van der Waals surface area (Å²) in [4.78, 5) is 8.46. The van der Waals surface area contributed by atoms with Gasteiger partial charge in [0.2, 0.25) is 0 Å².